The zero-order valence-electron chi connectivity index (χ0n) is 12.2. The molecule has 8 nitrogen and oxygen atoms in total. The normalized spacial score (nSPS) is 12.5. The fourth-order valence-electron chi connectivity index (χ4n) is 1.59. The Labute approximate surface area is 128 Å². The highest BCUT2D eigenvalue weighted by Crippen LogP contribution is 2.16. The first-order valence-electron chi connectivity index (χ1n) is 6.42. The number of hydrogen-bond donors (Lipinski definition) is 3. The molecule has 3 N–H and O–H groups in total. The van der Waals surface area contributed by atoms with Crippen molar-refractivity contribution in [2.45, 2.75) is 13.0 Å². The smallest absolute Gasteiger partial charge is 0.328 e. The highest BCUT2D eigenvalue weighted by Gasteiger charge is 2.22. The van der Waals surface area contributed by atoms with Gasteiger partial charge in [-0.25, -0.2) is 13.2 Å². The lowest BCUT2D eigenvalue weighted by molar-refractivity contribution is -0.140. The van der Waals surface area contributed by atoms with E-state index >= 15 is 0 Å². The van der Waals surface area contributed by atoms with Gasteiger partial charge in [0.15, 0.2) is 6.04 Å². The Balaban J connectivity index is 3.01. The molecule has 22 heavy (non-hydrogen) atoms. The van der Waals surface area contributed by atoms with E-state index in [2.05, 4.69) is 10.0 Å². The van der Waals surface area contributed by atoms with Crippen molar-refractivity contribution in [2.24, 2.45) is 0 Å². The molecule has 0 aromatic heterocycles. The van der Waals surface area contributed by atoms with Gasteiger partial charge in [-0.15, -0.1) is 0 Å². The maximum atomic E-state index is 12.2. The van der Waals surface area contributed by atoms with Crippen LogP contribution in [0.2, 0.25) is 0 Å². The van der Waals surface area contributed by atoms with Crippen molar-refractivity contribution in [3.8, 4) is 0 Å². The fourth-order valence-corrected chi connectivity index (χ4v) is 2.24. The van der Waals surface area contributed by atoms with Crippen LogP contribution in [0.3, 0.4) is 0 Å². The van der Waals surface area contributed by atoms with Crippen LogP contribution in [0.5, 0.6) is 0 Å². The molecule has 1 unspecified atom stereocenters. The van der Waals surface area contributed by atoms with E-state index in [1.54, 1.807) is 12.1 Å². The second-order valence-corrected chi connectivity index (χ2v) is 6.38. The summed E-state index contributed by atoms with van der Waals surface area (Å²) in [5.74, 6) is -2.11. The third-order valence-corrected chi connectivity index (χ3v) is 4.04. The molecule has 0 spiro atoms. The van der Waals surface area contributed by atoms with Crippen LogP contribution in [-0.2, 0) is 19.6 Å². The van der Waals surface area contributed by atoms with Crippen LogP contribution in [0.15, 0.2) is 24.3 Å². The second-order valence-electron chi connectivity index (χ2n) is 4.37. The first kappa shape index (κ1) is 17.9. The molecule has 9 heteroatoms. The molecule has 0 fully saturated rings. The molecule has 0 saturated heterocycles. The van der Waals surface area contributed by atoms with Gasteiger partial charge in [-0.3, -0.25) is 9.52 Å². The number of carbonyl (C=O) groups excluding carboxylic acids is 1. The number of ether oxygens (including phenoxy) is 1. The lowest BCUT2D eigenvalue weighted by atomic mass is 10.1. The number of carboxylic acids is 1. The topological polar surface area (TPSA) is 122 Å². The highest BCUT2D eigenvalue weighted by molar-refractivity contribution is 7.92. The van der Waals surface area contributed by atoms with Crippen LogP contribution in [0.4, 0.5) is 5.69 Å². The molecular formula is C13H18N2O6S. The summed E-state index contributed by atoms with van der Waals surface area (Å²) in [5, 5.41) is 11.3. The molecule has 0 saturated carbocycles. The first-order chi connectivity index (χ1) is 10.3. The monoisotopic (exact) mass is 330 g/mol. The molecule has 122 valence electrons. The van der Waals surface area contributed by atoms with E-state index in [-0.39, 0.29) is 23.6 Å². The SMILES string of the molecule is CCS(=O)(=O)Nc1ccccc1C(=O)NC(COC)C(=O)O. The molecule has 0 aliphatic heterocycles. The zero-order valence-corrected chi connectivity index (χ0v) is 13.0. The lowest BCUT2D eigenvalue weighted by Gasteiger charge is -2.16. The van der Waals surface area contributed by atoms with E-state index in [0.717, 1.165) is 0 Å². The van der Waals surface area contributed by atoms with Gasteiger partial charge in [-0.2, -0.15) is 0 Å². The van der Waals surface area contributed by atoms with Crippen molar-refractivity contribution in [2.75, 3.05) is 24.2 Å². The Hall–Kier alpha value is -2.13. The van der Waals surface area contributed by atoms with Crippen molar-refractivity contribution in [3.05, 3.63) is 29.8 Å². The van der Waals surface area contributed by atoms with Gasteiger partial charge in [-0.05, 0) is 19.1 Å². The maximum absolute atomic E-state index is 12.2. The van der Waals surface area contributed by atoms with Crippen LogP contribution in [0.1, 0.15) is 17.3 Å². The van der Waals surface area contributed by atoms with Crippen LogP contribution in [0.25, 0.3) is 0 Å². The molecule has 1 aromatic rings. The largest absolute Gasteiger partial charge is 0.480 e. The van der Waals surface area contributed by atoms with Gasteiger partial charge >= 0.3 is 5.97 Å². The van der Waals surface area contributed by atoms with E-state index in [0.29, 0.717) is 0 Å². The number of amides is 1. The van der Waals surface area contributed by atoms with Gasteiger partial charge in [0.1, 0.15) is 0 Å². The molecule has 0 aliphatic carbocycles. The number of methoxy groups -OCH3 is 1. The molecule has 0 bridgehead atoms. The number of sulfonamides is 1. The number of benzene rings is 1. The number of carboxylic acid groups (broad SMARTS) is 1. The van der Waals surface area contributed by atoms with Gasteiger partial charge in [0.2, 0.25) is 10.0 Å². The van der Waals surface area contributed by atoms with E-state index < -0.39 is 27.9 Å². The molecule has 0 aliphatic rings. The van der Waals surface area contributed by atoms with Gasteiger partial charge in [0, 0.05) is 7.11 Å². The average molecular weight is 330 g/mol. The molecule has 1 amide bonds. The molecular weight excluding hydrogens is 312 g/mol. The lowest BCUT2D eigenvalue weighted by Crippen LogP contribution is -2.44. The molecule has 0 heterocycles. The van der Waals surface area contributed by atoms with E-state index in [4.69, 9.17) is 9.84 Å². The van der Waals surface area contributed by atoms with Gasteiger partial charge in [0.05, 0.1) is 23.6 Å². The van der Waals surface area contributed by atoms with Crippen LogP contribution in [-0.4, -0.2) is 50.9 Å². The Bertz CT molecular complexity index is 644. The van der Waals surface area contributed by atoms with Crippen molar-refractivity contribution in [1.82, 2.24) is 5.32 Å². The summed E-state index contributed by atoms with van der Waals surface area (Å²) >= 11 is 0. The second kappa shape index (κ2) is 7.76. The average Bonchev–Trinajstić information content (AvgIpc) is 2.46. The Morgan fingerprint density at radius 1 is 1.32 bits per heavy atom. The zero-order chi connectivity index (χ0) is 16.8. The van der Waals surface area contributed by atoms with Crippen LogP contribution >= 0.6 is 0 Å². The summed E-state index contributed by atoms with van der Waals surface area (Å²) in [4.78, 5) is 23.2. The van der Waals surface area contributed by atoms with Crippen molar-refractivity contribution >= 4 is 27.6 Å². The quantitative estimate of drug-likeness (QED) is 0.629. The summed E-state index contributed by atoms with van der Waals surface area (Å²) in [6.45, 7) is 1.26. The van der Waals surface area contributed by atoms with Gasteiger partial charge in [0.25, 0.3) is 5.91 Å². The molecule has 1 aromatic carbocycles. The van der Waals surface area contributed by atoms with Crippen molar-refractivity contribution in [1.29, 1.82) is 0 Å². The van der Waals surface area contributed by atoms with Crippen molar-refractivity contribution < 1.29 is 27.9 Å². The minimum absolute atomic E-state index is 0.0295. The summed E-state index contributed by atoms with van der Waals surface area (Å²) in [5.41, 5.74) is 0.116. The van der Waals surface area contributed by atoms with Gasteiger partial charge in [-0.1, -0.05) is 12.1 Å². The first-order valence-corrected chi connectivity index (χ1v) is 8.08. The summed E-state index contributed by atoms with van der Waals surface area (Å²) in [6, 6.07) is 4.70. The Kier molecular flexibility index (Phi) is 6.32. The highest BCUT2D eigenvalue weighted by atomic mass is 32.2. The fraction of sp³-hybridized carbons (Fsp3) is 0.385. The standard InChI is InChI=1S/C13H18N2O6S/c1-3-22(19,20)15-10-7-5-4-6-9(10)12(16)14-11(8-21-2)13(17)18/h4-7,11,15H,3,8H2,1-2H3,(H,14,16)(H,17,18). The number of nitrogens with one attached hydrogen (secondary N) is 2. The third kappa shape index (κ3) is 5.01. The summed E-state index contributed by atoms with van der Waals surface area (Å²) in [6.07, 6.45) is 0. The maximum Gasteiger partial charge on any atom is 0.328 e. The minimum atomic E-state index is -3.55. The van der Waals surface area contributed by atoms with Crippen LogP contribution in [0, 0.1) is 0 Å². The Morgan fingerprint density at radius 3 is 2.50 bits per heavy atom. The molecule has 1 rings (SSSR count). The van der Waals surface area contributed by atoms with E-state index in [1.165, 1.54) is 26.2 Å². The minimum Gasteiger partial charge on any atom is -0.480 e. The number of aliphatic carboxylic acids is 1. The Morgan fingerprint density at radius 2 is 1.95 bits per heavy atom. The molecule has 0 radical (unpaired) electrons. The summed E-state index contributed by atoms with van der Waals surface area (Å²) < 4.78 is 30.2. The number of hydrogen-bond acceptors (Lipinski definition) is 5. The molecule has 1 atom stereocenters. The number of rotatable bonds is 8. The number of para-hydroxylation sites is 1. The third-order valence-electron chi connectivity index (χ3n) is 2.75. The predicted molar refractivity (Wildman–Crippen MR) is 80.3 cm³/mol. The number of carbonyl (C=O) groups is 2. The van der Waals surface area contributed by atoms with Crippen LogP contribution < -0.4 is 10.0 Å². The predicted octanol–water partition coefficient (Wildman–Crippen LogP) is 0.278. The van der Waals surface area contributed by atoms with Crippen molar-refractivity contribution in [3.63, 3.8) is 0 Å². The van der Waals surface area contributed by atoms with Gasteiger partial charge < -0.3 is 15.2 Å². The van der Waals surface area contributed by atoms with E-state index in [9.17, 15) is 18.0 Å². The number of anilines is 1. The van der Waals surface area contributed by atoms with E-state index in [1.807, 2.05) is 0 Å². The summed E-state index contributed by atoms with van der Waals surface area (Å²) in [7, 11) is -2.24.